The van der Waals surface area contributed by atoms with Crippen molar-refractivity contribution in [3.8, 4) is 11.5 Å². The fourth-order valence-electron chi connectivity index (χ4n) is 4.74. The quantitative estimate of drug-likeness (QED) is 0.577. The molecule has 1 aliphatic carbocycles. The third kappa shape index (κ3) is 4.43. The van der Waals surface area contributed by atoms with Crippen LogP contribution in [0.4, 0.5) is 0 Å². The Morgan fingerprint density at radius 1 is 1.23 bits per heavy atom. The summed E-state index contributed by atoms with van der Waals surface area (Å²) in [5.41, 5.74) is 0.535. The zero-order valence-corrected chi connectivity index (χ0v) is 19.4. The van der Waals surface area contributed by atoms with Gasteiger partial charge in [-0.3, -0.25) is 9.59 Å². The van der Waals surface area contributed by atoms with E-state index >= 15 is 0 Å². The Kier molecular flexibility index (Phi) is 6.80. The number of nitrogens with zero attached hydrogens (tertiary/aromatic N) is 2. The highest BCUT2D eigenvalue weighted by molar-refractivity contribution is 7.99. The summed E-state index contributed by atoms with van der Waals surface area (Å²) in [5, 5.41) is 3.25. The second-order valence-corrected chi connectivity index (χ2v) is 10.0. The van der Waals surface area contributed by atoms with E-state index in [4.69, 9.17) is 4.42 Å². The Labute approximate surface area is 188 Å². The predicted octanol–water partition coefficient (Wildman–Crippen LogP) is 4.55. The number of fused-ring (bicyclic) bond motifs is 1. The fourth-order valence-corrected chi connectivity index (χ4v) is 5.57. The van der Waals surface area contributed by atoms with Gasteiger partial charge in [0.2, 0.25) is 5.91 Å². The molecule has 3 heterocycles. The van der Waals surface area contributed by atoms with Crippen LogP contribution in [-0.4, -0.2) is 50.9 Å². The highest BCUT2D eigenvalue weighted by Crippen LogP contribution is 2.34. The molecule has 2 aromatic heterocycles. The first-order chi connectivity index (χ1) is 15.0. The molecular weight excluding hydrogens is 410 g/mol. The van der Waals surface area contributed by atoms with Crippen molar-refractivity contribution < 1.29 is 14.0 Å². The van der Waals surface area contributed by atoms with E-state index in [1.165, 1.54) is 0 Å². The summed E-state index contributed by atoms with van der Waals surface area (Å²) in [4.78, 5) is 28.9. The maximum absolute atomic E-state index is 13.6. The van der Waals surface area contributed by atoms with Crippen molar-refractivity contribution in [3.05, 3.63) is 36.2 Å². The Bertz CT molecular complexity index is 901. The van der Waals surface area contributed by atoms with Crippen LogP contribution < -0.4 is 5.32 Å². The molecule has 0 unspecified atom stereocenters. The van der Waals surface area contributed by atoms with Crippen molar-refractivity contribution in [1.29, 1.82) is 0 Å². The van der Waals surface area contributed by atoms with Gasteiger partial charge in [-0.1, -0.05) is 19.8 Å². The first kappa shape index (κ1) is 22.1. The molecule has 168 valence electrons. The fraction of sp³-hybridized carbons (Fsp3) is 0.583. The molecule has 0 aromatic carbocycles. The molecule has 2 amide bonds. The molecule has 0 saturated heterocycles. The van der Waals surface area contributed by atoms with E-state index in [1.807, 2.05) is 52.4 Å². The molecule has 31 heavy (non-hydrogen) atoms. The lowest BCUT2D eigenvalue weighted by Crippen LogP contribution is -2.65. The van der Waals surface area contributed by atoms with E-state index in [0.29, 0.717) is 24.5 Å². The van der Waals surface area contributed by atoms with E-state index in [1.54, 1.807) is 6.26 Å². The third-order valence-corrected chi connectivity index (χ3v) is 7.75. The SMILES string of the molecule is CCCSCCCN1C(=O)c2ccc(-c3ccco3)n2C[C@]1(C)C(=O)NC1CCCC1. The lowest BCUT2D eigenvalue weighted by molar-refractivity contribution is -0.133. The van der Waals surface area contributed by atoms with Crippen LogP contribution in [0.15, 0.2) is 34.9 Å². The van der Waals surface area contributed by atoms with Crippen LogP contribution in [0.25, 0.3) is 11.5 Å². The summed E-state index contributed by atoms with van der Waals surface area (Å²) in [6.45, 7) is 5.11. The normalized spacial score (nSPS) is 21.5. The summed E-state index contributed by atoms with van der Waals surface area (Å²) in [7, 11) is 0. The number of hydrogen-bond donors (Lipinski definition) is 1. The van der Waals surface area contributed by atoms with Crippen molar-refractivity contribution in [2.24, 2.45) is 0 Å². The zero-order valence-electron chi connectivity index (χ0n) is 18.6. The largest absolute Gasteiger partial charge is 0.463 e. The van der Waals surface area contributed by atoms with Gasteiger partial charge in [0.05, 0.1) is 18.5 Å². The molecule has 1 fully saturated rings. The van der Waals surface area contributed by atoms with E-state index < -0.39 is 5.54 Å². The molecule has 2 aromatic rings. The zero-order chi connectivity index (χ0) is 21.8. The van der Waals surface area contributed by atoms with Crippen LogP contribution in [0.1, 0.15) is 62.9 Å². The highest BCUT2D eigenvalue weighted by Gasteiger charge is 2.48. The standard InChI is InChI=1S/C24H33N3O3S/c1-3-15-31-16-7-13-27-22(28)20-12-11-19(21-10-6-14-30-21)26(20)17-24(27,2)23(29)25-18-8-4-5-9-18/h6,10-12,14,18H,3-5,7-9,13,15-17H2,1-2H3,(H,25,29)/t24-/m1/s1. The molecule has 0 bridgehead atoms. The number of furan rings is 1. The minimum absolute atomic E-state index is 0.0429. The predicted molar refractivity (Wildman–Crippen MR) is 124 cm³/mol. The summed E-state index contributed by atoms with van der Waals surface area (Å²) in [6, 6.07) is 7.72. The average molecular weight is 444 g/mol. The van der Waals surface area contributed by atoms with Gasteiger partial charge in [-0.05, 0) is 68.4 Å². The summed E-state index contributed by atoms with van der Waals surface area (Å²) >= 11 is 1.91. The van der Waals surface area contributed by atoms with Gasteiger partial charge in [0.25, 0.3) is 5.91 Å². The topological polar surface area (TPSA) is 67.5 Å². The Morgan fingerprint density at radius 3 is 2.71 bits per heavy atom. The number of rotatable bonds is 9. The van der Waals surface area contributed by atoms with Gasteiger partial charge in [-0.25, -0.2) is 0 Å². The minimum atomic E-state index is -0.928. The number of carbonyl (C=O) groups is 2. The molecule has 1 saturated carbocycles. The van der Waals surface area contributed by atoms with E-state index in [0.717, 1.165) is 55.7 Å². The highest BCUT2D eigenvalue weighted by atomic mass is 32.2. The van der Waals surface area contributed by atoms with Crippen molar-refractivity contribution >= 4 is 23.6 Å². The van der Waals surface area contributed by atoms with Gasteiger partial charge in [0, 0.05) is 12.6 Å². The van der Waals surface area contributed by atoms with E-state index in [-0.39, 0.29) is 17.9 Å². The molecule has 7 heteroatoms. The van der Waals surface area contributed by atoms with Gasteiger partial charge >= 0.3 is 0 Å². The number of thioether (sulfide) groups is 1. The van der Waals surface area contributed by atoms with E-state index in [9.17, 15) is 9.59 Å². The Balaban J connectivity index is 1.61. The van der Waals surface area contributed by atoms with Gasteiger partial charge in [-0.2, -0.15) is 11.8 Å². The van der Waals surface area contributed by atoms with Gasteiger partial charge in [0.15, 0.2) is 0 Å². The lowest BCUT2D eigenvalue weighted by Gasteiger charge is -2.44. The minimum Gasteiger partial charge on any atom is -0.463 e. The second-order valence-electron chi connectivity index (χ2n) is 8.82. The smallest absolute Gasteiger partial charge is 0.271 e. The molecule has 2 aliphatic rings. The molecule has 1 aliphatic heterocycles. The molecule has 1 atom stereocenters. The van der Waals surface area contributed by atoms with Crippen LogP contribution in [0.3, 0.4) is 0 Å². The van der Waals surface area contributed by atoms with Crippen LogP contribution in [-0.2, 0) is 11.3 Å². The summed E-state index contributed by atoms with van der Waals surface area (Å²) < 4.78 is 7.55. The summed E-state index contributed by atoms with van der Waals surface area (Å²) in [5.74, 6) is 2.72. The van der Waals surface area contributed by atoms with Crippen LogP contribution in [0, 0.1) is 0 Å². The monoisotopic (exact) mass is 443 g/mol. The van der Waals surface area contributed by atoms with E-state index in [2.05, 4.69) is 12.2 Å². The van der Waals surface area contributed by atoms with Crippen LogP contribution in [0.5, 0.6) is 0 Å². The number of nitrogens with one attached hydrogen (secondary N) is 1. The number of hydrogen-bond acceptors (Lipinski definition) is 4. The first-order valence-electron chi connectivity index (χ1n) is 11.5. The van der Waals surface area contributed by atoms with Crippen molar-refractivity contribution in [3.63, 3.8) is 0 Å². The number of amides is 2. The first-order valence-corrected chi connectivity index (χ1v) is 12.6. The molecule has 4 rings (SSSR count). The number of aromatic nitrogens is 1. The lowest BCUT2D eigenvalue weighted by atomic mass is 9.93. The molecule has 1 N–H and O–H groups in total. The maximum atomic E-state index is 13.6. The Morgan fingerprint density at radius 2 is 2.00 bits per heavy atom. The molecule has 0 spiro atoms. The second kappa shape index (κ2) is 9.55. The van der Waals surface area contributed by atoms with Crippen molar-refractivity contribution in [1.82, 2.24) is 14.8 Å². The van der Waals surface area contributed by atoms with Crippen LogP contribution in [0.2, 0.25) is 0 Å². The van der Waals surface area contributed by atoms with Crippen molar-refractivity contribution in [2.45, 2.75) is 70.5 Å². The van der Waals surface area contributed by atoms with Gasteiger partial charge in [-0.15, -0.1) is 0 Å². The molecule has 6 nitrogen and oxygen atoms in total. The Hall–Kier alpha value is -2.15. The van der Waals surface area contributed by atoms with Gasteiger partial charge < -0.3 is 19.2 Å². The number of carbonyl (C=O) groups excluding carboxylic acids is 2. The molecule has 0 radical (unpaired) electrons. The van der Waals surface area contributed by atoms with Crippen molar-refractivity contribution in [2.75, 3.05) is 18.1 Å². The maximum Gasteiger partial charge on any atom is 0.271 e. The third-order valence-electron chi connectivity index (χ3n) is 6.48. The molecular formula is C24H33N3O3S. The van der Waals surface area contributed by atoms with Crippen LogP contribution >= 0.6 is 11.8 Å². The van der Waals surface area contributed by atoms with Gasteiger partial charge in [0.1, 0.15) is 17.0 Å². The summed E-state index contributed by atoms with van der Waals surface area (Å²) in [6.07, 6.45) is 8.02. The average Bonchev–Trinajstić information content (AvgIpc) is 3.51.